The largest absolute Gasteiger partial charge is 0.364 e. The highest BCUT2D eigenvalue weighted by molar-refractivity contribution is 5.90. The Morgan fingerprint density at radius 1 is 1.75 bits per heavy atom. The Morgan fingerprint density at radius 2 is 2.50 bits per heavy atom. The van der Waals surface area contributed by atoms with E-state index in [0.29, 0.717) is 5.69 Å². The SMILES string of the molecule is CCCCn1nccc1C(N)=O. The van der Waals surface area contributed by atoms with E-state index in [0.717, 1.165) is 19.4 Å². The maximum absolute atomic E-state index is 10.8. The molecule has 0 atom stereocenters. The molecule has 4 nitrogen and oxygen atoms in total. The molecular weight excluding hydrogens is 154 g/mol. The van der Waals surface area contributed by atoms with Crippen molar-refractivity contribution in [2.24, 2.45) is 5.73 Å². The lowest BCUT2D eigenvalue weighted by molar-refractivity contribution is 0.0989. The summed E-state index contributed by atoms with van der Waals surface area (Å²) in [5.41, 5.74) is 5.62. The van der Waals surface area contributed by atoms with Crippen LogP contribution in [0.5, 0.6) is 0 Å². The van der Waals surface area contributed by atoms with Crippen LogP contribution in [0.3, 0.4) is 0 Å². The zero-order valence-corrected chi connectivity index (χ0v) is 7.16. The van der Waals surface area contributed by atoms with E-state index in [1.54, 1.807) is 16.9 Å². The Bertz CT molecular complexity index is 267. The number of aryl methyl sites for hydroxylation is 1. The number of hydrogen-bond acceptors (Lipinski definition) is 2. The maximum Gasteiger partial charge on any atom is 0.266 e. The van der Waals surface area contributed by atoms with Crippen molar-refractivity contribution in [3.05, 3.63) is 18.0 Å². The van der Waals surface area contributed by atoms with Gasteiger partial charge in [-0.25, -0.2) is 0 Å². The number of carbonyl (C=O) groups is 1. The summed E-state index contributed by atoms with van der Waals surface area (Å²) in [6.45, 7) is 2.86. The number of nitrogens with two attached hydrogens (primary N) is 1. The van der Waals surface area contributed by atoms with E-state index in [2.05, 4.69) is 12.0 Å². The second-order valence-electron chi connectivity index (χ2n) is 2.66. The van der Waals surface area contributed by atoms with Crippen LogP contribution in [0.15, 0.2) is 12.3 Å². The van der Waals surface area contributed by atoms with Crippen LogP contribution < -0.4 is 5.73 Å². The monoisotopic (exact) mass is 167 g/mol. The Morgan fingerprint density at radius 3 is 3.08 bits per heavy atom. The van der Waals surface area contributed by atoms with Gasteiger partial charge in [0.25, 0.3) is 5.91 Å². The minimum atomic E-state index is -0.413. The molecule has 12 heavy (non-hydrogen) atoms. The molecule has 0 radical (unpaired) electrons. The van der Waals surface area contributed by atoms with Crippen LogP contribution in [0.4, 0.5) is 0 Å². The molecule has 0 aliphatic carbocycles. The highest BCUT2D eigenvalue weighted by Gasteiger charge is 2.06. The average Bonchev–Trinajstić information content (AvgIpc) is 2.48. The molecule has 1 rings (SSSR count). The summed E-state index contributed by atoms with van der Waals surface area (Å²) in [7, 11) is 0. The number of unbranched alkanes of at least 4 members (excludes halogenated alkanes) is 1. The molecule has 1 aromatic rings. The molecule has 1 amide bonds. The Balaban J connectivity index is 2.70. The van der Waals surface area contributed by atoms with Gasteiger partial charge in [-0.3, -0.25) is 9.48 Å². The van der Waals surface area contributed by atoms with Crippen LogP contribution in [0.2, 0.25) is 0 Å². The summed E-state index contributed by atoms with van der Waals surface area (Å²) in [5.74, 6) is -0.413. The lowest BCUT2D eigenvalue weighted by Gasteiger charge is -2.02. The molecule has 0 bridgehead atoms. The number of primary amides is 1. The van der Waals surface area contributed by atoms with Gasteiger partial charge in [0.15, 0.2) is 0 Å². The number of carbonyl (C=O) groups excluding carboxylic acids is 1. The molecule has 0 aromatic carbocycles. The van der Waals surface area contributed by atoms with Gasteiger partial charge < -0.3 is 5.73 Å². The van der Waals surface area contributed by atoms with Gasteiger partial charge >= 0.3 is 0 Å². The lowest BCUT2D eigenvalue weighted by atomic mass is 10.3. The summed E-state index contributed by atoms with van der Waals surface area (Å²) >= 11 is 0. The maximum atomic E-state index is 10.8. The van der Waals surface area contributed by atoms with Gasteiger partial charge in [-0.05, 0) is 12.5 Å². The normalized spacial score (nSPS) is 10.1. The molecular formula is C8H13N3O. The molecule has 0 saturated carbocycles. The van der Waals surface area contributed by atoms with Crippen LogP contribution >= 0.6 is 0 Å². The quantitative estimate of drug-likeness (QED) is 0.720. The van der Waals surface area contributed by atoms with Crippen molar-refractivity contribution in [1.29, 1.82) is 0 Å². The summed E-state index contributed by atoms with van der Waals surface area (Å²) in [6, 6.07) is 1.64. The van der Waals surface area contributed by atoms with E-state index in [-0.39, 0.29) is 0 Å². The molecule has 4 heteroatoms. The van der Waals surface area contributed by atoms with Gasteiger partial charge in [0.05, 0.1) is 0 Å². The smallest absolute Gasteiger partial charge is 0.266 e. The van der Waals surface area contributed by atoms with Crippen molar-refractivity contribution in [1.82, 2.24) is 9.78 Å². The van der Waals surface area contributed by atoms with Crippen LogP contribution in [0.1, 0.15) is 30.3 Å². The molecule has 0 unspecified atom stereocenters. The minimum Gasteiger partial charge on any atom is -0.364 e. The van der Waals surface area contributed by atoms with Gasteiger partial charge in [0.1, 0.15) is 5.69 Å². The fourth-order valence-corrected chi connectivity index (χ4v) is 1.03. The van der Waals surface area contributed by atoms with E-state index in [4.69, 9.17) is 5.73 Å². The molecule has 1 aromatic heterocycles. The first-order chi connectivity index (χ1) is 5.75. The topological polar surface area (TPSA) is 60.9 Å². The highest BCUT2D eigenvalue weighted by Crippen LogP contribution is 2.00. The van der Waals surface area contributed by atoms with Crippen LogP contribution in [-0.2, 0) is 6.54 Å². The van der Waals surface area contributed by atoms with E-state index in [9.17, 15) is 4.79 Å². The lowest BCUT2D eigenvalue weighted by Crippen LogP contribution is -2.17. The van der Waals surface area contributed by atoms with E-state index in [1.807, 2.05) is 0 Å². The van der Waals surface area contributed by atoms with Crippen molar-refractivity contribution in [2.75, 3.05) is 0 Å². The van der Waals surface area contributed by atoms with E-state index in [1.165, 1.54) is 0 Å². The highest BCUT2D eigenvalue weighted by atomic mass is 16.1. The molecule has 0 aliphatic rings. The van der Waals surface area contributed by atoms with Crippen molar-refractivity contribution in [3.63, 3.8) is 0 Å². The van der Waals surface area contributed by atoms with Gasteiger partial charge in [0.2, 0.25) is 0 Å². The number of hydrogen-bond donors (Lipinski definition) is 1. The van der Waals surface area contributed by atoms with Crippen molar-refractivity contribution < 1.29 is 4.79 Å². The van der Waals surface area contributed by atoms with Gasteiger partial charge in [-0.15, -0.1) is 0 Å². The molecule has 0 fully saturated rings. The van der Waals surface area contributed by atoms with Crippen LogP contribution in [-0.4, -0.2) is 15.7 Å². The summed E-state index contributed by atoms with van der Waals surface area (Å²) < 4.78 is 1.64. The third-order valence-corrected chi connectivity index (χ3v) is 1.69. The zero-order valence-electron chi connectivity index (χ0n) is 7.16. The fourth-order valence-electron chi connectivity index (χ4n) is 1.03. The van der Waals surface area contributed by atoms with Gasteiger partial charge in [-0.1, -0.05) is 13.3 Å². The number of rotatable bonds is 4. The number of aromatic nitrogens is 2. The second-order valence-corrected chi connectivity index (χ2v) is 2.66. The number of nitrogens with zero attached hydrogens (tertiary/aromatic N) is 2. The Hall–Kier alpha value is -1.32. The van der Waals surface area contributed by atoms with E-state index < -0.39 is 5.91 Å². The molecule has 0 saturated heterocycles. The molecule has 0 spiro atoms. The van der Waals surface area contributed by atoms with Crippen LogP contribution in [0.25, 0.3) is 0 Å². The molecule has 2 N–H and O–H groups in total. The van der Waals surface area contributed by atoms with Crippen molar-refractivity contribution in [2.45, 2.75) is 26.3 Å². The third-order valence-electron chi connectivity index (χ3n) is 1.69. The fraction of sp³-hybridized carbons (Fsp3) is 0.500. The average molecular weight is 167 g/mol. The molecule has 0 aliphatic heterocycles. The standard InChI is InChI=1S/C8H13N3O/c1-2-3-6-11-7(8(9)12)4-5-10-11/h4-5H,2-3,6H2,1H3,(H2,9,12). The first-order valence-electron chi connectivity index (χ1n) is 4.07. The molecule has 1 heterocycles. The first-order valence-corrected chi connectivity index (χ1v) is 4.07. The van der Waals surface area contributed by atoms with Crippen molar-refractivity contribution in [3.8, 4) is 0 Å². The van der Waals surface area contributed by atoms with Crippen molar-refractivity contribution >= 4 is 5.91 Å². The number of amides is 1. The zero-order chi connectivity index (χ0) is 8.97. The van der Waals surface area contributed by atoms with Gasteiger partial charge in [0, 0.05) is 12.7 Å². The summed E-state index contributed by atoms with van der Waals surface area (Å²) in [6.07, 6.45) is 3.69. The predicted octanol–water partition coefficient (Wildman–Crippen LogP) is 0.782. The van der Waals surface area contributed by atoms with E-state index >= 15 is 0 Å². The Labute approximate surface area is 71.4 Å². The third kappa shape index (κ3) is 1.84. The summed E-state index contributed by atoms with van der Waals surface area (Å²) in [5, 5.41) is 3.99. The van der Waals surface area contributed by atoms with Crippen LogP contribution in [0, 0.1) is 0 Å². The Kier molecular flexibility index (Phi) is 2.85. The molecule has 66 valence electrons. The second kappa shape index (κ2) is 3.90. The predicted molar refractivity (Wildman–Crippen MR) is 45.7 cm³/mol. The van der Waals surface area contributed by atoms with Gasteiger partial charge in [-0.2, -0.15) is 5.10 Å². The summed E-state index contributed by atoms with van der Waals surface area (Å²) in [4.78, 5) is 10.8. The first kappa shape index (κ1) is 8.77. The minimum absolute atomic E-state index is 0.413.